The zero-order chi connectivity index (χ0) is 46.9. The fraction of sp³-hybridized carbons (Fsp3) is 0.293. The molecule has 1 aliphatic heterocycles. The summed E-state index contributed by atoms with van der Waals surface area (Å²) in [6.45, 7) is 26.7. The summed E-state index contributed by atoms with van der Waals surface area (Å²) in [5, 5.41) is 2.11. The molecule has 1 aliphatic rings. The van der Waals surface area contributed by atoms with Crippen molar-refractivity contribution >= 4 is 33.5 Å². The molecule has 332 valence electrons. The van der Waals surface area contributed by atoms with Crippen molar-refractivity contribution < 1.29 is 13.9 Å². The van der Waals surface area contributed by atoms with Crippen molar-refractivity contribution in [2.45, 2.75) is 105 Å². The number of ether oxygens (including phenoxy) is 1. The molecule has 0 saturated heterocycles. The van der Waals surface area contributed by atoms with Crippen LogP contribution in [0.5, 0.6) is 11.5 Å². The molecular formula is C58H61N7O+2. The highest BCUT2D eigenvalue weighted by Gasteiger charge is 2.27. The fourth-order valence-electron chi connectivity index (χ4n) is 8.39. The molecule has 0 unspecified atom stereocenters. The van der Waals surface area contributed by atoms with Crippen LogP contribution in [0, 0.1) is 0 Å². The molecule has 0 bridgehead atoms. The highest BCUT2D eigenvalue weighted by molar-refractivity contribution is 6.11. The standard InChI is InChI=1S/C58H61N7O/c1-55(2,3)39-22-18-37(19-23-39)52-60-53(38-20-24-40(25-21-38)56(4,5)6)62-54(61-52)47-34-46-45-16-14-15-17-48(45)65(51-32-41(26-27-59-51)57(7,8)9)49(46)35-50(47)66-44-31-42(58(10,11)12)30-43(33-44)64-29-28-63(13)36-64/h14-35H,1-13H3/q+2. The molecular weight excluding hydrogens is 811 g/mol. The van der Waals surface area contributed by atoms with Crippen molar-refractivity contribution in [3.05, 3.63) is 156 Å². The van der Waals surface area contributed by atoms with Crippen LogP contribution < -0.4 is 4.74 Å². The number of fused-ring (bicyclic) bond motifs is 3. The van der Waals surface area contributed by atoms with Crippen LogP contribution in [0.2, 0.25) is 0 Å². The van der Waals surface area contributed by atoms with E-state index in [9.17, 15) is 0 Å². The topological polar surface area (TPSA) is 71.7 Å². The van der Waals surface area contributed by atoms with E-state index in [1.165, 1.54) is 16.7 Å². The minimum Gasteiger partial charge on any atom is -0.456 e. The lowest BCUT2D eigenvalue weighted by Gasteiger charge is -2.21. The van der Waals surface area contributed by atoms with Gasteiger partial charge in [-0.15, -0.1) is 0 Å². The van der Waals surface area contributed by atoms with Crippen LogP contribution in [-0.4, -0.2) is 46.7 Å². The minimum absolute atomic E-state index is 0.00558. The average molecular weight is 872 g/mol. The monoisotopic (exact) mass is 871 g/mol. The van der Waals surface area contributed by atoms with Gasteiger partial charge in [0.2, 0.25) is 11.9 Å². The minimum atomic E-state index is -0.171. The molecule has 5 aromatic carbocycles. The molecule has 0 radical (unpaired) electrons. The summed E-state index contributed by atoms with van der Waals surface area (Å²) >= 11 is 0. The second-order valence-electron chi connectivity index (χ2n) is 21.8. The van der Waals surface area contributed by atoms with Gasteiger partial charge in [0.15, 0.2) is 24.5 Å². The molecule has 0 amide bonds. The Balaban J connectivity index is 1.33. The maximum Gasteiger partial charge on any atom is 0.495 e. The van der Waals surface area contributed by atoms with E-state index < -0.39 is 0 Å². The van der Waals surface area contributed by atoms with Crippen molar-refractivity contribution in [1.82, 2.24) is 24.5 Å². The third-order valence-corrected chi connectivity index (χ3v) is 12.5. The lowest BCUT2D eigenvalue weighted by molar-refractivity contribution is -0.429. The van der Waals surface area contributed by atoms with Crippen LogP contribution in [0.3, 0.4) is 0 Å². The number of pyridine rings is 1. The maximum absolute atomic E-state index is 7.27. The van der Waals surface area contributed by atoms with Gasteiger partial charge in [-0.3, -0.25) is 4.57 Å². The van der Waals surface area contributed by atoms with Gasteiger partial charge in [-0.1, -0.05) is 159 Å². The first-order valence-corrected chi connectivity index (χ1v) is 22.9. The SMILES string of the molecule is C[N+]1=C=[N+](c2cc(Oc3cc4c(cc3-c3nc(-c5ccc(C(C)(C)C)cc5)nc(-c5ccc(C(C)(C)C)cc5)n3)c3ccccc3n4-c3cc(C(C)(C)C)ccn3)cc(C(C)(C)C)c2)C=C1. The van der Waals surface area contributed by atoms with Crippen molar-refractivity contribution in [1.29, 1.82) is 0 Å². The Hall–Kier alpha value is -7.02. The predicted octanol–water partition coefficient (Wildman–Crippen LogP) is 14.3. The molecule has 0 N–H and O–H groups in total. The lowest BCUT2D eigenvalue weighted by Crippen LogP contribution is -2.12. The summed E-state index contributed by atoms with van der Waals surface area (Å²) in [7, 11) is 1.98. The van der Waals surface area contributed by atoms with Gasteiger partial charge in [0, 0.05) is 40.2 Å². The van der Waals surface area contributed by atoms with E-state index in [2.05, 4.69) is 209 Å². The van der Waals surface area contributed by atoms with Gasteiger partial charge in [-0.05, 0) is 74.2 Å². The Morgan fingerprint density at radius 1 is 0.515 bits per heavy atom. The van der Waals surface area contributed by atoms with Gasteiger partial charge >= 0.3 is 6.01 Å². The van der Waals surface area contributed by atoms with E-state index in [4.69, 9.17) is 24.7 Å². The predicted molar refractivity (Wildman–Crippen MR) is 270 cm³/mol. The highest BCUT2D eigenvalue weighted by Crippen LogP contribution is 2.43. The average Bonchev–Trinajstić information content (AvgIpc) is 3.85. The molecule has 9 rings (SSSR count). The Morgan fingerprint density at radius 3 is 1.65 bits per heavy atom. The van der Waals surface area contributed by atoms with E-state index in [1.54, 1.807) is 0 Å². The highest BCUT2D eigenvalue weighted by atomic mass is 16.5. The van der Waals surface area contributed by atoms with Crippen molar-refractivity contribution in [3.63, 3.8) is 0 Å². The van der Waals surface area contributed by atoms with E-state index in [0.717, 1.165) is 55.6 Å². The Kier molecular flexibility index (Phi) is 10.8. The summed E-state index contributed by atoms with van der Waals surface area (Å²) in [6, 6.07) is 44.2. The van der Waals surface area contributed by atoms with Gasteiger partial charge in [-0.25, -0.2) is 19.9 Å². The largest absolute Gasteiger partial charge is 0.495 e. The van der Waals surface area contributed by atoms with E-state index in [1.807, 2.05) is 34.8 Å². The second kappa shape index (κ2) is 16.1. The van der Waals surface area contributed by atoms with Crippen LogP contribution in [0.15, 0.2) is 134 Å². The molecule has 0 aliphatic carbocycles. The Bertz CT molecular complexity index is 3210. The summed E-state index contributed by atoms with van der Waals surface area (Å²) < 4.78 is 13.4. The number of hydrogen-bond donors (Lipinski definition) is 0. The van der Waals surface area contributed by atoms with Crippen LogP contribution >= 0.6 is 0 Å². The summed E-state index contributed by atoms with van der Waals surface area (Å²) in [4.78, 5) is 20.8. The van der Waals surface area contributed by atoms with E-state index in [0.29, 0.717) is 29.0 Å². The van der Waals surface area contributed by atoms with Gasteiger partial charge in [0.1, 0.15) is 17.3 Å². The van der Waals surface area contributed by atoms with Crippen LogP contribution in [0.1, 0.15) is 105 Å². The molecule has 4 heterocycles. The molecule has 8 aromatic rings. The first-order valence-electron chi connectivity index (χ1n) is 22.9. The third kappa shape index (κ3) is 8.73. The third-order valence-electron chi connectivity index (χ3n) is 12.5. The van der Waals surface area contributed by atoms with Crippen molar-refractivity contribution in [2.24, 2.45) is 0 Å². The summed E-state index contributed by atoms with van der Waals surface area (Å²) in [5.41, 5.74) is 10.0. The maximum atomic E-state index is 7.27. The second-order valence-corrected chi connectivity index (χ2v) is 21.8. The van der Waals surface area contributed by atoms with Crippen molar-refractivity contribution in [2.75, 3.05) is 7.05 Å². The smallest absolute Gasteiger partial charge is 0.456 e. The molecule has 0 spiro atoms. The molecule has 8 nitrogen and oxygen atoms in total. The Morgan fingerprint density at radius 2 is 1.09 bits per heavy atom. The molecule has 3 aromatic heterocycles. The first kappa shape index (κ1) is 44.2. The lowest BCUT2D eigenvalue weighted by atomic mass is 9.86. The van der Waals surface area contributed by atoms with Gasteiger partial charge in [0.25, 0.3) is 6.20 Å². The number of nitrogens with zero attached hydrogens (tertiary/aromatic N) is 7. The van der Waals surface area contributed by atoms with Crippen LogP contribution in [0.4, 0.5) is 5.69 Å². The quantitative estimate of drug-likeness (QED) is 0.149. The zero-order valence-electron chi connectivity index (χ0n) is 40.7. The number of rotatable bonds is 7. The first-order chi connectivity index (χ1) is 31.1. The van der Waals surface area contributed by atoms with Gasteiger partial charge in [-0.2, -0.15) is 0 Å². The number of hydrogen-bond acceptors (Lipinski definition) is 5. The Labute approximate surface area is 389 Å². The molecule has 0 fully saturated rings. The van der Waals surface area contributed by atoms with Crippen LogP contribution in [-0.2, 0) is 21.7 Å². The van der Waals surface area contributed by atoms with E-state index in [-0.39, 0.29) is 21.7 Å². The molecule has 0 atom stereocenters. The summed E-state index contributed by atoms with van der Waals surface area (Å²) in [5.74, 6) is 3.80. The number of para-hydroxylation sites is 1. The molecule has 66 heavy (non-hydrogen) atoms. The number of aromatic nitrogens is 5. The van der Waals surface area contributed by atoms with E-state index >= 15 is 0 Å². The van der Waals surface area contributed by atoms with Crippen molar-refractivity contribution in [3.8, 4) is 51.5 Å². The number of benzene rings is 5. The zero-order valence-corrected chi connectivity index (χ0v) is 40.7. The van der Waals surface area contributed by atoms with Crippen LogP contribution in [0.25, 0.3) is 61.8 Å². The fourth-order valence-corrected chi connectivity index (χ4v) is 8.39. The van der Waals surface area contributed by atoms with Gasteiger partial charge < -0.3 is 4.74 Å². The normalized spacial score (nSPS) is 13.4. The molecule has 8 heteroatoms. The summed E-state index contributed by atoms with van der Waals surface area (Å²) in [6.07, 6.45) is 5.91. The molecule has 0 saturated carbocycles. The van der Waals surface area contributed by atoms with Gasteiger partial charge in [0.05, 0.1) is 22.7 Å².